The first kappa shape index (κ1) is 17.9. The smallest absolute Gasteiger partial charge is 0.369 e. The molecule has 136 valence electrons. The molecule has 10 heteroatoms. The van der Waals surface area contributed by atoms with Gasteiger partial charge in [-0.25, -0.2) is 13.4 Å². The molecule has 0 aromatic carbocycles. The minimum absolute atomic E-state index is 0.0553. The van der Waals surface area contributed by atoms with E-state index in [2.05, 4.69) is 4.98 Å². The van der Waals surface area contributed by atoms with Gasteiger partial charge >= 0.3 is 6.18 Å². The molecule has 0 spiro atoms. The molecule has 2 aliphatic heterocycles. The molecule has 2 saturated heterocycles. The minimum Gasteiger partial charge on any atom is -0.369 e. The van der Waals surface area contributed by atoms with Crippen LogP contribution in [0.15, 0.2) is 12.3 Å². The van der Waals surface area contributed by atoms with E-state index in [-0.39, 0.29) is 23.2 Å². The summed E-state index contributed by atoms with van der Waals surface area (Å²) < 4.78 is 64.2. The summed E-state index contributed by atoms with van der Waals surface area (Å²) in [4.78, 5) is 5.31. The molecular weight excluding hydrogens is 357 g/mol. The Morgan fingerprint density at radius 1 is 1.24 bits per heavy atom. The predicted molar refractivity (Wildman–Crippen MR) is 84.3 cm³/mol. The quantitative estimate of drug-likeness (QED) is 0.791. The molecule has 3 heterocycles. The Bertz CT molecular complexity index is 796. The number of halogens is 3. The van der Waals surface area contributed by atoms with Gasteiger partial charge in [0.25, 0.3) is 0 Å². The molecule has 2 fully saturated rings. The van der Waals surface area contributed by atoms with Crippen LogP contribution >= 0.6 is 0 Å². The van der Waals surface area contributed by atoms with Crippen LogP contribution in [0.4, 0.5) is 18.9 Å². The number of hydrogen-bond acceptors (Lipinski definition) is 5. The average molecular weight is 374 g/mol. The van der Waals surface area contributed by atoms with Gasteiger partial charge in [0.1, 0.15) is 6.07 Å². The number of nitriles is 1. The lowest BCUT2D eigenvalue weighted by molar-refractivity contribution is -0.137. The molecule has 0 N–H and O–H groups in total. The Morgan fingerprint density at radius 2 is 1.92 bits per heavy atom. The van der Waals surface area contributed by atoms with Gasteiger partial charge in [0.2, 0.25) is 10.0 Å². The average Bonchev–Trinajstić information content (AvgIpc) is 2.93. The lowest BCUT2D eigenvalue weighted by Gasteiger charge is -2.37. The van der Waals surface area contributed by atoms with E-state index in [4.69, 9.17) is 5.26 Å². The van der Waals surface area contributed by atoms with E-state index in [1.54, 1.807) is 4.90 Å². The van der Waals surface area contributed by atoms with E-state index in [0.717, 1.165) is 6.07 Å². The zero-order valence-corrected chi connectivity index (χ0v) is 14.1. The van der Waals surface area contributed by atoms with Gasteiger partial charge in [-0.2, -0.15) is 22.7 Å². The Hall–Kier alpha value is -1.86. The second-order valence-corrected chi connectivity index (χ2v) is 8.24. The minimum atomic E-state index is -4.53. The van der Waals surface area contributed by atoms with Crippen LogP contribution in [0.1, 0.15) is 30.5 Å². The third-order valence-corrected chi connectivity index (χ3v) is 6.65. The fourth-order valence-electron chi connectivity index (χ4n) is 3.40. The van der Waals surface area contributed by atoms with Gasteiger partial charge < -0.3 is 4.90 Å². The van der Waals surface area contributed by atoms with E-state index in [0.29, 0.717) is 45.1 Å². The lowest BCUT2D eigenvalue weighted by atomic mass is 10.0. The molecule has 6 nitrogen and oxygen atoms in total. The highest BCUT2D eigenvalue weighted by molar-refractivity contribution is 7.89. The summed E-state index contributed by atoms with van der Waals surface area (Å²) >= 11 is 0. The predicted octanol–water partition coefficient (Wildman–Crippen LogP) is 1.98. The van der Waals surface area contributed by atoms with E-state index >= 15 is 0 Å². The highest BCUT2D eigenvalue weighted by Crippen LogP contribution is 2.34. The van der Waals surface area contributed by atoms with Crippen molar-refractivity contribution in [2.75, 3.05) is 30.3 Å². The standard InChI is InChI=1S/C15H17F3N4O2S/c16-15(17,18)11-8-14(13(9-19)20-10-11)21-5-2-12(3-6-21)22-4-1-7-25(22,23)24/h8,10,12H,1-7H2. The summed E-state index contributed by atoms with van der Waals surface area (Å²) in [6, 6.07) is 2.64. The molecule has 2 aliphatic rings. The molecule has 3 rings (SSSR count). The van der Waals surface area contributed by atoms with Gasteiger partial charge in [-0.05, 0) is 25.3 Å². The van der Waals surface area contributed by atoms with Gasteiger partial charge in [0.15, 0.2) is 5.69 Å². The second kappa shape index (κ2) is 6.46. The Kier molecular flexibility index (Phi) is 4.64. The van der Waals surface area contributed by atoms with Crippen molar-refractivity contribution in [3.05, 3.63) is 23.5 Å². The highest BCUT2D eigenvalue weighted by Gasteiger charge is 2.37. The largest absolute Gasteiger partial charge is 0.417 e. The zero-order valence-electron chi connectivity index (χ0n) is 13.3. The Labute approximate surface area is 143 Å². The number of alkyl halides is 3. The van der Waals surface area contributed by atoms with Crippen molar-refractivity contribution in [2.45, 2.75) is 31.5 Å². The van der Waals surface area contributed by atoms with Crippen LogP contribution in [0.2, 0.25) is 0 Å². The van der Waals surface area contributed by atoms with E-state index in [1.165, 1.54) is 4.31 Å². The Morgan fingerprint density at radius 3 is 2.44 bits per heavy atom. The molecule has 0 atom stereocenters. The molecule has 0 unspecified atom stereocenters. The number of aromatic nitrogens is 1. The van der Waals surface area contributed by atoms with Gasteiger partial charge in [-0.1, -0.05) is 0 Å². The van der Waals surface area contributed by atoms with Crippen LogP contribution in [0.3, 0.4) is 0 Å². The molecule has 0 radical (unpaired) electrons. The van der Waals surface area contributed by atoms with Crippen molar-refractivity contribution in [2.24, 2.45) is 0 Å². The normalized spacial score (nSPS) is 22.1. The van der Waals surface area contributed by atoms with Crippen LogP contribution in [-0.4, -0.2) is 49.1 Å². The maximum Gasteiger partial charge on any atom is 0.417 e. The highest BCUT2D eigenvalue weighted by atomic mass is 32.2. The number of hydrogen-bond donors (Lipinski definition) is 0. The molecule has 0 aliphatic carbocycles. The van der Waals surface area contributed by atoms with Crippen LogP contribution in [0.25, 0.3) is 0 Å². The number of anilines is 1. The number of nitrogens with zero attached hydrogens (tertiary/aromatic N) is 4. The molecular formula is C15H17F3N4O2S. The van der Waals surface area contributed by atoms with Gasteiger partial charge in [-0.15, -0.1) is 0 Å². The molecule has 1 aromatic rings. The van der Waals surface area contributed by atoms with Crippen molar-refractivity contribution in [1.29, 1.82) is 5.26 Å². The molecule has 0 saturated carbocycles. The lowest BCUT2D eigenvalue weighted by Crippen LogP contribution is -2.45. The first-order chi connectivity index (χ1) is 11.7. The fraction of sp³-hybridized carbons (Fsp3) is 0.600. The second-order valence-electron chi connectivity index (χ2n) is 6.20. The summed E-state index contributed by atoms with van der Waals surface area (Å²) in [6.45, 7) is 1.27. The van der Waals surface area contributed by atoms with Crippen LogP contribution in [0, 0.1) is 11.3 Å². The van der Waals surface area contributed by atoms with E-state index in [1.807, 2.05) is 6.07 Å². The van der Waals surface area contributed by atoms with Crippen LogP contribution in [0.5, 0.6) is 0 Å². The van der Waals surface area contributed by atoms with Crippen molar-refractivity contribution in [1.82, 2.24) is 9.29 Å². The number of rotatable bonds is 2. The third kappa shape index (κ3) is 3.57. The number of sulfonamides is 1. The Balaban J connectivity index is 1.78. The van der Waals surface area contributed by atoms with Crippen molar-refractivity contribution >= 4 is 15.7 Å². The van der Waals surface area contributed by atoms with E-state index < -0.39 is 21.8 Å². The summed E-state index contributed by atoms with van der Waals surface area (Å²) in [5, 5.41) is 9.13. The van der Waals surface area contributed by atoms with Crippen molar-refractivity contribution in [3.8, 4) is 6.07 Å². The summed E-state index contributed by atoms with van der Waals surface area (Å²) in [6.07, 6.45) is -2.23. The van der Waals surface area contributed by atoms with Crippen molar-refractivity contribution < 1.29 is 21.6 Å². The van der Waals surface area contributed by atoms with E-state index in [9.17, 15) is 21.6 Å². The molecule has 25 heavy (non-hydrogen) atoms. The summed E-state index contributed by atoms with van der Waals surface area (Å²) in [7, 11) is -3.21. The first-order valence-electron chi connectivity index (χ1n) is 7.94. The first-order valence-corrected chi connectivity index (χ1v) is 9.55. The van der Waals surface area contributed by atoms with Gasteiger partial charge in [0.05, 0.1) is 17.0 Å². The van der Waals surface area contributed by atoms with Gasteiger partial charge in [-0.3, -0.25) is 0 Å². The van der Waals surface area contributed by atoms with Gasteiger partial charge in [0, 0.05) is 31.9 Å². The maximum absolute atomic E-state index is 12.9. The monoisotopic (exact) mass is 374 g/mol. The number of pyridine rings is 1. The molecule has 0 amide bonds. The SMILES string of the molecule is N#Cc1ncc(C(F)(F)F)cc1N1CCC(N2CCCS2(=O)=O)CC1. The number of piperidine rings is 1. The summed E-state index contributed by atoms with van der Waals surface area (Å²) in [5.41, 5.74) is -0.800. The molecule has 1 aromatic heterocycles. The van der Waals surface area contributed by atoms with Crippen LogP contribution < -0.4 is 4.90 Å². The molecule has 0 bridgehead atoms. The third-order valence-electron chi connectivity index (χ3n) is 4.65. The fourth-order valence-corrected chi connectivity index (χ4v) is 5.20. The van der Waals surface area contributed by atoms with Crippen LogP contribution in [-0.2, 0) is 16.2 Å². The summed E-state index contributed by atoms with van der Waals surface area (Å²) in [5.74, 6) is 0.156. The topological polar surface area (TPSA) is 77.3 Å². The maximum atomic E-state index is 12.9. The van der Waals surface area contributed by atoms with Crippen molar-refractivity contribution in [3.63, 3.8) is 0 Å². The zero-order chi connectivity index (χ0) is 18.2.